The van der Waals surface area contributed by atoms with Gasteiger partial charge in [-0.05, 0) is 43.2 Å². The number of hydrogen-bond acceptors (Lipinski definition) is 3. The maximum atomic E-state index is 6.05. The minimum atomic E-state index is 0.329. The van der Waals surface area contributed by atoms with Gasteiger partial charge in [-0.1, -0.05) is 13.8 Å². The lowest BCUT2D eigenvalue weighted by atomic mass is 9.80. The Bertz CT molecular complexity index is 367. The molecule has 2 rings (SSSR count). The molecule has 3 unspecified atom stereocenters. The van der Waals surface area contributed by atoms with Crippen molar-refractivity contribution in [2.24, 2.45) is 17.6 Å². The maximum Gasteiger partial charge on any atom is 0.142 e. The van der Waals surface area contributed by atoms with Gasteiger partial charge < -0.3 is 10.5 Å². The fraction of sp³-hybridized carbons (Fsp3) is 0.643. The van der Waals surface area contributed by atoms with Gasteiger partial charge in [-0.15, -0.1) is 0 Å². The van der Waals surface area contributed by atoms with Gasteiger partial charge in [-0.25, -0.2) is 0 Å². The maximum absolute atomic E-state index is 6.05. The minimum absolute atomic E-state index is 0.329. The highest BCUT2D eigenvalue weighted by molar-refractivity contribution is 5.26. The summed E-state index contributed by atoms with van der Waals surface area (Å²) in [6.07, 6.45) is 5.63. The fourth-order valence-corrected chi connectivity index (χ4v) is 2.47. The van der Waals surface area contributed by atoms with Gasteiger partial charge >= 0.3 is 0 Å². The second-order valence-corrected chi connectivity index (χ2v) is 5.16. The van der Waals surface area contributed by atoms with E-state index in [1.807, 2.05) is 12.1 Å². The highest BCUT2D eigenvalue weighted by atomic mass is 16.5. The van der Waals surface area contributed by atoms with Crippen molar-refractivity contribution in [3.63, 3.8) is 0 Å². The summed E-state index contributed by atoms with van der Waals surface area (Å²) in [6.45, 7) is 5.08. The molecule has 3 atom stereocenters. The van der Waals surface area contributed by atoms with Crippen molar-refractivity contribution < 1.29 is 4.74 Å². The van der Waals surface area contributed by atoms with E-state index in [0.29, 0.717) is 12.6 Å². The Labute approximate surface area is 103 Å². The minimum Gasteiger partial charge on any atom is -0.488 e. The van der Waals surface area contributed by atoms with Crippen molar-refractivity contribution in [3.05, 3.63) is 24.0 Å². The van der Waals surface area contributed by atoms with Crippen LogP contribution in [0.4, 0.5) is 0 Å². The van der Waals surface area contributed by atoms with Crippen LogP contribution in [0, 0.1) is 11.8 Å². The standard InChI is InChI=1S/C14H22N2O/c1-10-5-6-12(8-11(10)2)17-14-4-3-7-16-13(14)9-15/h3-4,7,10-12H,5-6,8-9,15H2,1-2H3. The van der Waals surface area contributed by atoms with Crippen molar-refractivity contribution >= 4 is 0 Å². The number of nitrogens with zero attached hydrogens (tertiary/aromatic N) is 1. The van der Waals surface area contributed by atoms with E-state index in [2.05, 4.69) is 18.8 Å². The molecule has 0 aliphatic heterocycles. The summed E-state index contributed by atoms with van der Waals surface area (Å²) in [5, 5.41) is 0. The van der Waals surface area contributed by atoms with Gasteiger partial charge in [0, 0.05) is 12.7 Å². The number of nitrogens with two attached hydrogens (primary N) is 1. The Hall–Kier alpha value is -1.09. The van der Waals surface area contributed by atoms with Crippen LogP contribution in [0.5, 0.6) is 5.75 Å². The molecule has 3 nitrogen and oxygen atoms in total. The molecule has 1 fully saturated rings. The third-order valence-corrected chi connectivity index (χ3v) is 3.89. The molecule has 1 aromatic rings. The van der Waals surface area contributed by atoms with Crippen LogP contribution in [0.2, 0.25) is 0 Å². The molecule has 0 amide bonds. The zero-order chi connectivity index (χ0) is 12.3. The monoisotopic (exact) mass is 234 g/mol. The van der Waals surface area contributed by atoms with Crippen molar-refractivity contribution in [1.29, 1.82) is 0 Å². The van der Waals surface area contributed by atoms with Crippen LogP contribution < -0.4 is 10.5 Å². The lowest BCUT2D eigenvalue weighted by molar-refractivity contribution is 0.0993. The SMILES string of the molecule is CC1CCC(Oc2cccnc2CN)CC1C. The molecule has 1 heterocycles. The van der Waals surface area contributed by atoms with Gasteiger partial charge in [0.15, 0.2) is 0 Å². The molecule has 1 saturated carbocycles. The first kappa shape index (κ1) is 12.4. The van der Waals surface area contributed by atoms with E-state index in [-0.39, 0.29) is 0 Å². The first-order chi connectivity index (χ1) is 8.20. The quantitative estimate of drug-likeness (QED) is 0.874. The summed E-state index contributed by atoms with van der Waals surface area (Å²) in [4.78, 5) is 4.25. The average Bonchev–Trinajstić information content (AvgIpc) is 2.34. The average molecular weight is 234 g/mol. The molecule has 0 spiro atoms. The van der Waals surface area contributed by atoms with Crippen molar-refractivity contribution in [2.75, 3.05) is 0 Å². The summed E-state index contributed by atoms with van der Waals surface area (Å²) < 4.78 is 6.05. The van der Waals surface area contributed by atoms with Gasteiger partial charge in [0.1, 0.15) is 5.75 Å². The molecule has 17 heavy (non-hydrogen) atoms. The Balaban J connectivity index is 2.01. The van der Waals surface area contributed by atoms with Crippen LogP contribution in [0.1, 0.15) is 38.8 Å². The second kappa shape index (κ2) is 5.50. The number of rotatable bonds is 3. The first-order valence-corrected chi connectivity index (χ1v) is 6.51. The molecule has 2 N–H and O–H groups in total. The molecule has 0 bridgehead atoms. The normalized spacial score (nSPS) is 29.0. The first-order valence-electron chi connectivity index (χ1n) is 6.51. The molecule has 0 saturated heterocycles. The number of aromatic nitrogens is 1. The van der Waals surface area contributed by atoms with E-state index in [1.54, 1.807) is 6.20 Å². The van der Waals surface area contributed by atoms with Crippen molar-refractivity contribution in [2.45, 2.75) is 45.8 Å². The van der Waals surface area contributed by atoms with E-state index in [9.17, 15) is 0 Å². The highest BCUT2D eigenvalue weighted by Crippen LogP contribution is 2.32. The number of pyridine rings is 1. The molecular weight excluding hydrogens is 212 g/mol. The van der Waals surface area contributed by atoms with Crippen LogP contribution in [0.25, 0.3) is 0 Å². The topological polar surface area (TPSA) is 48.1 Å². The van der Waals surface area contributed by atoms with Gasteiger partial charge in [0.25, 0.3) is 0 Å². The summed E-state index contributed by atoms with van der Waals surface area (Å²) in [6, 6.07) is 3.88. The van der Waals surface area contributed by atoms with Crippen molar-refractivity contribution in [1.82, 2.24) is 4.98 Å². The predicted octanol–water partition coefficient (Wildman–Crippen LogP) is 2.74. The zero-order valence-corrected chi connectivity index (χ0v) is 10.7. The van der Waals surface area contributed by atoms with E-state index in [4.69, 9.17) is 10.5 Å². The smallest absolute Gasteiger partial charge is 0.142 e. The predicted molar refractivity (Wildman–Crippen MR) is 68.7 cm³/mol. The molecule has 94 valence electrons. The van der Waals surface area contributed by atoms with Crippen molar-refractivity contribution in [3.8, 4) is 5.75 Å². The van der Waals surface area contributed by atoms with Crippen LogP contribution in [0.15, 0.2) is 18.3 Å². The van der Waals surface area contributed by atoms with Gasteiger partial charge in [0.2, 0.25) is 0 Å². The Morgan fingerprint density at radius 1 is 1.35 bits per heavy atom. The third kappa shape index (κ3) is 2.97. The fourth-order valence-electron chi connectivity index (χ4n) is 2.47. The van der Waals surface area contributed by atoms with Gasteiger partial charge in [0.05, 0.1) is 11.8 Å². The van der Waals surface area contributed by atoms with Crippen LogP contribution in [-0.2, 0) is 6.54 Å². The van der Waals surface area contributed by atoms with E-state index in [0.717, 1.165) is 36.1 Å². The number of hydrogen-bond donors (Lipinski definition) is 1. The van der Waals surface area contributed by atoms with E-state index < -0.39 is 0 Å². The second-order valence-electron chi connectivity index (χ2n) is 5.16. The van der Waals surface area contributed by atoms with Gasteiger partial charge in [-0.3, -0.25) is 4.98 Å². The molecule has 1 aliphatic rings. The summed E-state index contributed by atoms with van der Waals surface area (Å²) in [5.74, 6) is 2.42. The summed E-state index contributed by atoms with van der Waals surface area (Å²) in [7, 11) is 0. The molecule has 0 radical (unpaired) electrons. The lowest BCUT2D eigenvalue weighted by Crippen LogP contribution is -2.29. The molecule has 3 heteroatoms. The van der Waals surface area contributed by atoms with Gasteiger partial charge in [-0.2, -0.15) is 0 Å². The van der Waals surface area contributed by atoms with E-state index in [1.165, 1.54) is 6.42 Å². The Kier molecular flexibility index (Phi) is 4.00. The Morgan fingerprint density at radius 3 is 2.88 bits per heavy atom. The van der Waals surface area contributed by atoms with Crippen LogP contribution in [0.3, 0.4) is 0 Å². The Morgan fingerprint density at radius 2 is 2.18 bits per heavy atom. The van der Waals surface area contributed by atoms with Crippen LogP contribution in [-0.4, -0.2) is 11.1 Å². The zero-order valence-electron chi connectivity index (χ0n) is 10.7. The molecule has 1 aliphatic carbocycles. The number of ether oxygens (including phenoxy) is 1. The molecule has 1 aromatic heterocycles. The molecular formula is C14H22N2O. The highest BCUT2D eigenvalue weighted by Gasteiger charge is 2.26. The van der Waals surface area contributed by atoms with Crippen LogP contribution >= 0.6 is 0 Å². The largest absolute Gasteiger partial charge is 0.488 e. The summed E-state index contributed by atoms with van der Waals surface area (Å²) >= 11 is 0. The third-order valence-electron chi connectivity index (χ3n) is 3.89. The van der Waals surface area contributed by atoms with E-state index >= 15 is 0 Å². The lowest BCUT2D eigenvalue weighted by Gasteiger charge is -2.32. The molecule has 0 aromatic carbocycles. The summed E-state index contributed by atoms with van der Waals surface area (Å²) in [5.41, 5.74) is 6.52.